The number of rotatable bonds is 1. The Balaban J connectivity index is 0.000000371. The average Bonchev–Trinajstić information content (AvgIpc) is 2.10. The first-order valence-corrected chi connectivity index (χ1v) is 4.61. The smallest absolute Gasteiger partial charge is 0.00640 e. The fourth-order valence-electron chi connectivity index (χ4n) is 1.39. The zero-order chi connectivity index (χ0) is 7.82. The van der Waals surface area contributed by atoms with Gasteiger partial charge in [0, 0.05) is 6.04 Å². The van der Waals surface area contributed by atoms with Gasteiger partial charge >= 0.3 is 0 Å². The molecule has 1 nitrogen and oxygen atoms in total. The van der Waals surface area contributed by atoms with Crippen molar-refractivity contribution in [2.45, 2.75) is 52.0 Å². The van der Waals surface area contributed by atoms with Crippen molar-refractivity contribution in [3.63, 3.8) is 0 Å². The molecule has 0 atom stereocenters. The van der Waals surface area contributed by atoms with Crippen LogP contribution in [0, 0.1) is 0 Å². The summed E-state index contributed by atoms with van der Waals surface area (Å²) < 4.78 is 0. The van der Waals surface area contributed by atoms with Crippen LogP contribution >= 0.6 is 0 Å². The summed E-state index contributed by atoms with van der Waals surface area (Å²) in [6.07, 6.45) is 7.13. The van der Waals surface area contributed by atoms with Crippen LogP contribution < -0.4 is 5.32 Å². The zero-order valence-electron chi connectivity index (χ0n) is 7.61. The Morgan fingerprint density at radius 2 is 1.50 bits per heavy atom. The van der Waals surface area contributed by atoms with Crippen molar-refractivity contribution >= 4 is 0 Å². The lowest BCUT2D eigenvalue weighted by molar-refractivity contribution is 0.394. The molecule has 0 aromatic heterocycles. The molecule has 1 heteroatoms. The lowest BCUT2D eigenvalue weighted by atomic mass is 9.96. The topological polar surface area (TPSA) is 12.0 Å². The predicted molar refractivity (Wildman–Crippen MR) is 47.3 cm³/mol. The van der Waals surface area contributed by atoms with E-state index in [1.807, 2.05) is 13.8 Å². The first-order valence-electron chi connectivity index (χ1n) is 4.61. The molecule has 0 amide bonds. The van der Waals surface area contributed by atoms with E-state index in [9.17, 15) is 0 Å². The Hall–Kier alpha value is -0.0400. The standard InChI is InChI=1S/C7H15N.C2H6/c1-8-7-5-3-2-4-6-7;1-2/h7-8H,2-6H2,1H3;1-2H3. The molecule has 1 fully saturated rings. The van der Waals surface area contributed by atoms with Gasteiger partial charge in [-0.1, -0.05) is 33.1 Å². The SMILES string of the molecule is CC.CNC1CCCCC1. The molecule has 0 radical (unpaired) electrons. The van der Waals surface area contributed by atoms with Crippen molar-refractivity contribution < 1.29 is 0 Å². The molecule has 0 aromatic carbocycles. The largest absolute Gasteiger partial charge is 0.317 e. The highest BCUT2D eigenvalue weighted by Crippen LogP contribution is 2.16. The van der Waals surface area contributed by atoms with Gasteiger partial charge in [-0.15, -0.1) is 0 Å². The fraction of sp³-hybridized carbons (Fsp3) is 1.00. The lowest BCUT2D eigenvalue weighted by Crippen LogP contribution is -2.26. The average molecular weight is 143 g/mol. The highest BCUT2D eigenvalue weighted by Gasteiger charge is 2.09. The molecule has 0 bridgehead atoms. The summed E-state index contributed by atoms with van der Waals surface area (Å²) in [5.41, 5.74) is 0. The zero-order valence-corrected chi connectivity index (χ0v) is 7.61. The lowest BCUT2D eigenvalue weighted by Gasteiger charge is -2.20. The van der Waals surface area contributed by atoms with E-state index in [0.717, 1.165) is 6.04 Å². The molecule has 1 rings (SSSR count). The highest BCUT2D eigenvalue weighted by molar-refractivity contribution is 4.68. The van der Waals surface area contributed by atoms with Gasteiger partial charge in [0.1, 0.15) is 0 Å². The van der Waals surface area contributed by atoms with Gasteiger partial charge in [-0.2, -0.15) is 0 Å². The minimum absolute atomic E-state index is 0.837. The van der Waals surface area contributed by atoms with Gasteiger partial charge in [-0.3, -0.25) is 0 Å². The molecule has 0 aliphatic heterocycles. The van der Waals surface area contributed by atoms with Crippen LogP contribution in [-0.4, -0.2) is 13.1 Å². The van der Waals surface area contributed by atoms with E-state index in [-0.39, 0.29) is 0 Å². The van der Waals surface area contributed by atoms with E-state index in [4.69, 9.17) is 0 Å². The van der Waals surface area contributed by atoms with E-state index >= 15 is 0 Å². The van der Waals surface area contributed by atoms with Gasteiger partial charge in [0.2, 0.25) is 0 Å². The number of hydrogen-bond acceptors (Lipinski definition) is 1. The highest BCUT2D eigenvalue weighted by atomic mass is 14.9. The van der Waals surface area contributed by atoms with Gasteiger partial charge in [0.15, 0.2) is 0 Å². The van der Waals surface area contributed by atoms with Crippen molar-refractivity contribution in [1.82, 2.24) is 5.32 Å². The second-order valence-corrected chi connectivity index (χ2v) is 2.62. The third-order valence-electron chi connectivity index (χ3n) is 2.01. The molecule has 0 aromatic rings. The first-order chi connectivity index (χ1) is 4.93. The Bertz CT molecular complexity index is 55.7. The van der Waals surface area contributed by atoms with Gasteiger partial charge in [-0.05, 0) is 19.9 Å². The molecule has 62 valence electrons. The minimum Gasteiger partial charge on any atom is -0.317 e. The van der Waals surface area contributed by atoms with E-state index in [2.05, 4.69) is 12.4 Å². The van der Waals surface area contributed by atoms with Gasteiger partial charge in [-0.25, -0.2) is 0 Å². The molecule has 0 spiro atoms. The second-order valence-electron chi connectivity index (χ2n) is 2.62. The summed E-state index contributed by atoms with van der Waals surface area (Å²) in [4.78, 5) is 0. The third-order valence-corrected chi connectivity index (χ3v) is 2.01. The third kappa shape index (κ3) is 3.89. The molecule has 0 heterocycles. The van der Waals surface area contributed by atoms with Crippen LogP contribution in [0.25, 0.3) is 0 Å². The van der Waals surface area contributed by atoms with Crippen molar-refractivity contribution in [1.29, 1.82) is 0 Å². The summed E-state index contributed by atoms with van der Waals surface area (Å²) in [6.45, 7) is 4.00. The van der Waals surface area contributed by atoms with Crippen molar-refractivity contribution in [3.05, 3.63) is 0 Å². The van der Waals surface area contributed by atoms with Crippen molar-refractivity contribution in [3.8, 4) is 0 Å². The maximum Gasteiger partial charge on any atom is 0.00640 e. The number of hydrogen-bond donors (Lipinski definition) is 1. The van der Waals surface area contributed by atoms with Crippen LogP contribution in [0.2, 0.25) is 0 Å². The van der Waals surface area contributed by atoms with Gasteiger partial charge < -0.3 is 5.32 Å². The van der Waals surface area contributed by atoms with E-state index in [1.165, 1.54) is 32.1 Å². The monoisotopic (exact) mass is 143 g/mol. The Morgan fingerprint density at radius 3 is 1.80 bits per heavy atom. The minimum atomic E-state index is 0.837. The van der Waals surface area contributed by atoms with Crippen LogP contribution in [0.1, 0.15) is 46.0 Å². The Kier molecular flexibility index (Phi) is 7.04. The molecule has 10 heavy (non-hydrogen) atoms. The number of nitrogens with one attached hydrogen (secondary N) is 1. The molecule has 0 unspecified atom stereocenters. The molecule has 1 aliphatic carbocycles. The van der Waals surface area contributed by atoms with Crippen LogP contribution in [-0.2, 0) is 0 Å². The fourth-order valence-corrected chi connectivity index (χ4v) is 1.39. The summed E-state index contributed by atoms with van der Waals surface area (Å²) >= 11 is 0. The summed E-state index contributed by atoms with van der Waals surface area (Å²) in [5.74, 6) is 0. The summed E-state index contributed by atoms with van der Waals surface area (Å²) in [7, 11) is 2.07. The Morgan fingerprint density at radius 1 is 1.00 bits per heavy atom. The maximum absolute atomic E-state index is 3.30. The Labute approximate surface area is 65.2 Å². The molecule has 1 aliphatic rings. The molecule has 1 saturated carbocycles. The van der Waals surface area contributed by atoms with Crippen LogP contribution in [0.15, 0.2) is 0 Å². The maximum atomic E-state index is 3.30. The quantitative estimate of drug-likeness (QED) is 0.595. The molecular weight excluding hydrogens is 122 g/mol. The predicted octanol–water partition coefficient (Wildman–Crippen LogP) is 2.56. The first kappa shape index (κ1) is 9.96. The van der Waals surface area contributed by atoms with Gasteiger partial charge in [0.25, 0.3) is 0 Å². The van der Waals surface area contributed by atoms with Crippen molar-refractivity contribution in [2.24, 2.45) is 0 Å². The molecule has 1 N–H and O–H groups in total. The second kappa shape index (κ2) is 7.07. The van der Waals surface area contributed by atoms with Crippen molar-refractivity contribution in [2.75, 3.05) is 7.05 Å². The van der Waals surface area contributed by atoms with E-state index in [0.29, 0.717) is 0 Å². The van der Waals surface area contributed by atoms with Crippen LogP contribution in [0.3, 0.4) is 0 Å². The van der Waals surface area contributed by atoms with E-state index < -0.39 is 0 Å². The summed E-state index contributed by atoms with van der Waals surface area (Å²) in [6, 6.07) is 0.837. The van der Waals surface area contributed by atoms with Crippen LogP contribution in [0.5, 0.6) is 0 Å². The van der Waals surface area contributed by atoms with Crippen LogP contribution in [0.4, 0.5) is 0 Å². The normalized spacial score (nSPS) is 19.5. The van der Waals surface area contributed by atoms with E-state index in [1.54, 1.807) is 0 Å². The summed E-state index contributed by atoms with van der Waals surface area (Å²) in [5, 5.41) is 3.30. The molecular formula is C9H21N. The van der Waals surface area contributed by atoms with Gasteiger partial charge in [0.05, 0.1) is 0 Å². The molecule has 0 saturated heterocycles.